The first kappa shape index (κ1) is 19.3. The van der Waals surface area contributed by atoms with Crippen LogP contribution in [0.3, 0.4) is 0 Å². The van der Waals surface area contributed by atoms with E-state index in [9.17, 15) is 9.50 Å². The van der Waals surface area contributed by atoms with Crippen molar-refractivity contribution in [3.8, 4) is 5.75 Å². The van der Waals surface area contributed by atoms with Crippen LogP contribution in [0.25, 0.3) is 0 Å². The van der Waals surface area contributed by atoms with Crippen LogP contribution in [0.4, 0.5) is 4.39 Å². The van der Waals surface area contributed by atoms with Gasteiger partial charge in [-0.1, -0.05) is 12.1 Å². The van der Waals surface area contributed by atoms with E-state index in [2.05, 4.69) is 20.7 Å². The fraction of sp³-hybridized carbons (Fsp3) is 0.476. The number of hydrogen-bond donors (Lipinski definition) is 3. The van der Waals surface area contributed by atoms with Crippen molar-refractivity contribution in [1.29, 1.82) is 0 Å². The molecule has 4 rings (SSSR count). The minimum Gasteiger partial charge on any atom is -0.494 e. The third-order valence-corrected chi connectivity index (χ3v) is 6.00. The van der Waals surface area contributed by atoms with E-state index in [0.29, 0.717) is 18.8 Å². The molecule has 0 radical (unpaired) electrons. The van der Waals surface area contributed by atoms with Crippen molar-refractivity contribution in [2.45, 2.75) is 24.5 Å². The van der Waals surface area contributed by atoms with E-state index in [-0.39, 0.29) is 17.6 Å². The number of nitrogens with zero attached hydrogens (tertiary/aromatic N) is 2. The molecule has 2 unspecified atom stereocenters. The number of aromatic nitrogens is 1. The largest absolute Gasteiger partial charge is 0.494 e. The molecule has 0 amide bonds. The van der Waals surface area contributed by atoms with Crippen molar-refractivity contribution >= 4 is 0 Å². The summed E-state index contributed by atoms with van der Waals surface area (Å²) in [4.78, 5) is 6.53. The minimum absolute atomic E-state index is 0.0412. The molecule has 2 aliphatic heterocycles. The number of methoxy groups -OCH3 is 1. The Morgan fingerprint density at radius 3 is 2.82 bits per heavy atom. The molecule has 0 bridgehead atoms. The second kappa shape index (κ2) is 8.13. The van der Waals surface area contributed by atoms with Crippen LogP contribution in [0.15, 0.2) is 42.7 Å². The van der Waals surface area contributed by atoms with Crippen LogP contribution in [-0.4, -0.2) is 48.3 Å². The number of hydrazine groups is 1. The average molecular weight is 386 g/mol. The predicted molar refractivity (Wildman–Crippen MR) is 104 cm³/mol. The molecule has 0 aliphatic carbocycles. The third-order valence-electron chi connectivity index (χ3n) is 6.00. The number of pyridine rings is 1. The standard InChI is InChI=1S/C21H27FN4O2/c1-28-19-5-4-15(11-18(19)22)20-16(12-24-25-20)14-26-9-6-21(27,7-10-26)17-3-2-8-23-13-17/h2-5,8,11,13,16,20,24-25,27H,6-7,9-10,12,14H2,1H3. The van der Waals surface area contributed by atoms with Crippen LogP contribution in [0.5, 0.6) is 5.75 Å². The maximum absolute atomic E-state index is 14.1. The molecule has 150 valence electrons. The van der Waals surface area contributed by atoms with E-state index in [0.717, 1.165) is 37.3 Å². The predicted octanol–water partition coefficient (Wildman–Crippen LogP) is 1.98. The average Bonchev–Trinajstić information content (AvgIpc) is 3.18. The highest BCUT2D eigenvalue weighted by Crippen LogP contribution is 2.34. The SMILES string of the molecule is COc1ccc(C2NNCC2CN2CCC(O)(c3cccnc3)CC2)cc1F. The monoisotopic (exact) mass is 386 g/mol. The van der Waals surface area contributed by atoms with Crippen LogP contribution >= 0.6 is 0 Å². The van der Waals surface area contributed by atoms with E-state index >= 15 is 0 Å². The van der Waals surface area contributed by atoms with Gasteiger partial charge in [0, 0.05) is 50.1 Å². The summed E-state index contributed by atoms with van der Waals surface area (Å²) < 4.78 is 19.1. The molecular formula is C21H27FN4O2. The second-order valence-electron chi connectivity index (χ2n) is 7.73. The summed E-state index contributed by atoms with van der Waals surface area (Å²) in [7, 11) is 1.47. The van der Waals surface area contributed by atoms with Gasteiger partial charge in [-0.15, -0.1) is 0 Å². The molecular weight excluding hydrogens is 359 g/mol. The van der Waals surface area contributed by atoms with Gasteiger partial charge in [0.1, 0.15) is 0 Å². The summed E-state index contributed by atoms with van der Waals surface area (Å²) in [6.07, 6.45) is 4.86. The Hall–Kier alpha value is -2.06. The molecule has 2 saturated heterocycles. The van der Waals surface area contributed by atoms with E-state index in [1.165, 1.54) is 7.11 Å². The lowest BCUT2D eigenvalue weighted by atomic mass is 9.84. The highest BCUT2D eigenvalue weighted by atomic mass is 19.1. The maximum atomic E-state index is 14.1. The number of aliphatic hydroxyl groups is 1. The Labute approximate surface area is 164 Å². The zero-order valence-electron chi connectivity index (χ0n) is 16.1. The maximum Gasteiger partial charge on any atom is 0.165 e. The van der Waals surface area contributed by atoms with Crippen LogP contribution < -0.4 is 15.6 Å². The van der Waals surface area contributed by atoms with Crippen molar-refractivity contribution in [2.75, 3.05) is 33.3 Å². The van der Waals surface area contributed by atoms with Crippen LogP contribution in [0, 0.1) is 11.7 Å². The third kappa shape index (κ3) is 3.89. The lowest BCUT2D eigenvalue weighted by Crippen LogP contribution is -2.45. The van der Waals surface area contributed by atoms with Gasteiger partial charge in [-0.25, -0.2) is 9.82 Å². The topological polar surface area (TPSA) is 69.7 Å². The van der Waals surface area contributed by atoms with Crippen molar-refractivity contribution in [2.24, 2.45) is 5.92 Å². The molecule has 1 aromatic carbocycles. The van der Waals surface area contributed by atoms with Crippen molar-refractivity contribution in [3.63, 3.8) is 0 Å². The molecule has 2 atom stereocenters. The Morgan fingerprint density at radius 2 is 2.14 bits per heavy atom. The van der Waals surface area contributed by atoms with Gasteiger partial charge in [0.15, 0.2) is 11.6 Å². The van der Waals surface area contributed by atoms with Gasteiger partial charge in [0.2, 0.25) is 0 Å². The molecule has 7 heteroatoms. The summed E-state index contributed by atoms with van der Waals surface area (Å²) in [6.45, 7) is 3.36. The van der Waals surface area contributed by atoms with Gasteiger partial charge in [0.05, 0.1) is 18.8 Å². The molecule has 2 aromatic rings. The number of ether oxygens (including phenoxy) is 1. The number of nitrogens with one attached hydrogen (secondary N) is 2. The highest BCUT2D eigenvalue weighted by molar-refractivity contribution is 5.32. The number of rotatable bonds is 5. The fourth-order valence-corrected chi connectivity index (χ4v) is 4.30. The van der Waals surface area contributed by atoms with E-state index in [1.807, 2.05) is 18.2 Å². The van der Waals surface area contributed by atoms with Crippen LogP contribution in [0.1, 0.15) is 30.0 Å². The summed E-state index contributed by atoms with van der Waals surface area (Å²) in [6, 6.07) is 9.00. The summed E-state index contributed by atoms with van der Waals surface area (Å²) in [5.41, 5.74) is 7.50. The molecule has 3 N–H and O–H groups in total. The first-order valence-corrected chi connectivity index (χ1v) is 9.76. The highest BCUT2D eigenvalue weighted by Gasteiger charge is 2.36. The van der Waals surface area contributed by atoms with Crippen LogP contribution in [-0.2, 0) is 5.60 Å². The zero-order chi connectivity index (χ0) is 19.6. The van der Waals surface area contributed by atoms with Gasteiger partial charge in [0.25, 0.3) is 0 Å². The van der Waals surface area contributed by atoms with E-state index in [1.54, 1.807) is 24.5 Å². The zero-order valence-corrected chi connectivity index (χ0v) is 16.1. The number of benzene rings is 1. The number of hydrogen-bond acceptors (Lipinski definition) is 6. The lowest BCUT2D eigenvalue weighted by molar-refractivity contribution is -0.0290. The normalized spacial score (nSPS) is 25.0. The molecule has 0 saturated carbocycles. The smallest absolute Gasteiger partial charge is 0.165 e. The molecule has 1 aromatic heterocycles. The van der Waals surface area contributed by atoms with Gasteiger partial charge < -0.3 is 14.7 Å². The summed E-state index contributed by atoms with van der Waals surface area (Å²) >= 11 is 0. The summed E-state index contributed by atoms with van der Waals surface area (Å²) in [5, 5.41) is 11.0. The molecule has 0 spiro atoms. The Kier molecular flexibility index (Phi) is 5.59. The minimum atomic E-state index is -0.796. The Morgan fingerprint density at radius 1 is 1.32 bits per heavy atom. The fourth-order valence-electron chi connectivity index (χ4n) is 4.30. The lowest BCUT2D eigenvalue weighted by Gasteiger charge is -2.39. The van der Waals surface area contributed by atoms with Gasteiger partial charge in [-0.05, 0) is 36.6 Å². The van der Waals surface area contributed by atoms with Gasteiger partial charge >= 0.3 is 0 Å². The second-order valence-corrected chi connectivity index (χ2v) is 7.73. The molecule has 6 nitrogen and oxygen atoms in total. The number of piperidine rings is 1. The van der Waals surface area contributed by atoms with Crippen molar-refractivity contribution < 1.29 is 14.2 Å². The summed E-state index contributed by atoms with van der Waals surface area (Å²) in [5.74, 6) is 0.237. The first-order valence-electron chi connectivity index (χ1n) is 9.76. The van der Waals surface area contributed by atoms with Crippen LogP contribution in [0.2, 0.25) is 0 Å². The number of likely N-dealkylation sites (tertiary alicyclic amines) is 1. The molecule has 2 fully saturated rings. The molecule has 3 heterocycles. The first-order chi connectivity index (χ1) is 13.6. The Balaban J connectivity index is 1.39. The quantitative estimate of drug-likeness (QED) is 0.730. The van der Waals surface area contributed by atoms with Crippen molar-refractivity contribution in [3.05, 3.63) is 59.7 Å². The molecule has 28 heavy (non-hydrogen) atoms. The van der Waals surface area contributed by atoms with E-state index in [4.69, 9.17) is 4.74 Å². The van der Waals surface area contributed by atoms with E-state index < -0.39 is 5.60 Å². The van der Waals surface area contributed by atoms with Gasteiger partial charge in [-0.3, -0.25) is 10.4 Å². The number of halogens is 1. The van der Waals surface area contributed by atoms with Crippen molar-refractivity contribution in [1.82, 2.24) is 20.7 Å². The Bertz CT molecular complexity index is 796. The van der Waals surface area contributed by atoms with Gasteiger partial charge in [-0.2, -0.15) is 0 Å². The molecule has 2 aliphatic rings.